The van der Waals surface area contributed by atoms with Crippen LogP contribution in [0.5, 0.6) is 0 Å². The summed E-state index contributed by atoms with van der Waals surface area (Å²) >= 11 is 0. The SMILES string of the molecule is O=C1C2NNC(c3ccccc3)C2C(c2ccccc2)N1c1ccccn1. The third-order valence-electron chi connectivity index (χ3n) is 5.51. The van der Waals surface area contributed by atoms with E-state index in [9.17, 15) is 4.79 Å². The standard InChI is InChI=1S/C22H20N4O/c27-22-20-18(19(24-25-20)15-9-3-1-4-10-15)21(16-11-5-2-6-12-16)26(22)17-13-7-8-14-23-17/h1-14,18-21,24-25H. The van der Waals surface area contributed by atoms with Crippen LogP contribution < -0.4 is 15.8 Å². The van der Waals surface area contributed by atoms with Crippen LogP contribution in [0.15, 0.2) is 85.1 Å². The fraction of sp³-hybridized carbons (Fsp3) is 0.182. The molecule has 1 aromatic heterocycles. The van der Waals surface area contributed by atoms with Crippen LogP contribution in [-0.2, 0) is 4.79 Å². The minimum absolute atomic E-state index is 0.0408. The van der Waals surface area contributed by atoms with Gasteiger partial charge in [-0.15, -0.1) is 0 Å². The number of hydrazine groups is 1. The molecule has 1 amide bonds. The summed E-state index contributed by atoms with van der Waals surface area (Å²) in [6, 6.07) is 25.9. The summed E-state index contributed by atoms with van der Waals surface area (Å²) < 4.78 is 0. The lowest BCUT2D eigenvalue weighted by Gasteiger charge is -2.30. The van der Waals surface area contributed by atoms with Gasteiger partial charge in [-0.3, -0.25) is 9.69 Å². The van der Waals surface area contributed by atoms with Crippen LogP contribution in [0.25, 0.3) is 0 Å². The van der Waals surface area contributed by atoms with Crippen molar-refractivity contribution in [2.75, 3.05) is 4.90 Å². The van der Waals surface area contributed by atoms with Crippen LogP contribution in [0.3, 0.4) is 0 Å². The zero-order valence-corrected chi connectivity index (χ0v) is 14.7. The van der Waals surface area contributed by atoms with Crippen LogP contribution in [0, 0.1) is 5.92 Å². The minimum Gasteiger partial charge on any atom is -0.287 e. The van der Waals surface area contributed by atoms with Crippen molar-refractivity contribution in [2.45, 2.75) is 18.1 Å². The molecule has 2 aliphatic heterocycles. The Morgan fingerprint density at radius 3 is 2.04 bits per heavy atom. The molecule has 0 saturated carbocycles. The molecule has 3 aromatic rings. The van der Waals surface area contributed by atoms with E-state index in [1.54, 1.807) is 6.20 Å². The lowest BCUT2D eigenvalue weighted by Crippen LogP contribution is -2.41. The number of rotatable bonds is 3. The molecular formula is C22H20N4O. The number of carbonyl (C=O) groups excluding carboxylic acids is 1. The van der Waals surface area contributed by atoms with E-state index in [2.05, 4.69) is 40.1 Å². The summed E-state index contributed by atoms with van der Waals surface area (Å²) in [5.41, 5.74) is 8.90. The third-order valence-corrected chi connectivity index (χ3v) is 5.51. The second-order valence-electron chi connectivity index (χ2n) is 6.98. The lowest BCUT2D eigenvalue weighted by molar-refractivity contribution is -0.119. The molecule has 134 valence electrons. The van der Waals surface area contributed by atoms with Crippen molar-refractivity contribution in [3.05, 3.63) is 96.2 Å². The molecule has 0 radical (unpaired) electrons. The predicted octanol–water partition coefficient (Wildman–Crippen LogP) is 3.00. The van der Waals surface area contributed by atoms with Crippen LogP contribution in [0.2, 0.25) is 0 Å². The topological polar surface area (TPSA) is 57.3 Å². The average molecular weight is 356 g/mol. The second-order valence-corrected chi connectivity index (χ2v) is 6.98. The minimum atomic E-state index is -0.289. The number of pyridine rings is 1. The lowest BCUT2D eigenvalue weighted by atomic mass is 9.83. The van der Waals surface area contributed by atoms with Gasteiger partial charge in [0.05, 0.1) is 12.1 Å². The van der Waals surface area contributed by atoms with E-state index >= 15 is 0 Å². The number of anilines is 1. The molecule has 0 spiro atoms. The summed E-state index contributed by atoms with van der Waals surface area (Å²) in [4.78, 5) is 19.7. The highest BCUT2D eigenvalue weighted by molar-refractivity contribution is 6.00. The smallest absolute Gasteiger partial charge is 0.247 e. The highest BCUT2D eigenvalue weighted by atomic mass is 16.2. The van der Waals surface area contributed by atoms with Crippen molar-refractivity contribution >= 4 is 11.7 Å². The fourth-order valence-corrected chi connectivity index (χ4v) is 4.35. The van der Waals surface area contributed by atoms with E-state index in [0.717, 1.165) is 5.56 Å². The Morgan fingerprint density at radius 1 is 0.741 bits per heavy atom. The first-order valence-electron chi connectivity index (χ1n) is 9.19. The van der Waals surface area contributed by atoms with Gasteiger partial charge in [0.2, 0.25) is 5.91 Å². The number of aromatic nitrogens is 1. The van der Waals surface area contributed by atoms with Gasteiger partial charge in [-0.1, -0.05) is 66.7 Å². The average Bonchev–Trinajstić information content (AvgIpc) is 3.29. The van der Waals surface area contributed by atoms with Crippen LogP contribution >= 0.6 is 0 Å². The second kappa shape index (κ2) is 6.61. The van der Waals surface area contributed by atoms with Crippen LogP contribution in [0.4, 0.5) is 5.82 Å². The molecule has 2 saturated heterocycles. The first kappa shape index (κ1) is 16.2. The van der Waals surface area contributed by atoms with Gasteiger partial charge in [0.25, 0.3) is 0 Å². The highest BCUT2D eigenvalue weighted by Crippen LogP contribution is 2.48. The summed E-state index contributed by atoms with van der Waals surface area (Å²) in [5, 5.41) is 0. The Hall–Kier alpha value is -3.02. The largest absolute Gasteiger partial charge is 0.287 e. The quantitative estimate of drug-likeness (QED) is 0.757. The number of amides is 1. The number of nitrogens with zero attached hydrogens (tertiary/aromatic N) is 2. The molecule has 0 bridgehead atoms. The monoisotopic (exact) mass is 356 g/mol. The molecular weight excluding hydrogens is 336 g/mol. The summed E-state index contributed by atoms with van der Waals surface area (Å²) in [5.74, 6) is 0.808. The van der Waals surface area contributed by atoms with Gasteiger partial charge < -0.3 is 0 Å². The van der Waals surface area contributed by atoms with Gasteiger partial charge in [0.1, 0.15) is 11.9 Å². The molecule has 4 atom stereocenters. The first-order valence-corrected chi connectivity index (χ1v) is 9.19. The third kappa shape index (κ3) is 2.63. The molecule has 2 aliphatic rings. The van der Waals surface area contributed by atoms with Gasteiger partial charge in [-0.2, -0.15) is 0 Å². The fourth-order valence-electron chi connectivity index (χ4n) is 4.35. The van der Waals surface area contributed by atoms with E-state index in [1.807, 2.05) is 59.5 Å². The summed E-state index contributed by atoms with van der Waals surface area (Å²) in [6.07, 6.45) is 1.74. The molecule has 5 rings (SSSR count). The summed E-state index contributed by atoms with van der Waals surface area (Å²) in [7, 11) is 0. The van der Waals surface area contributed by atoms with Crippen molar-refractivity contribution in [2.24, 2.45) is 5.92 Å². The normalized spacial score (nSPS) is 27.0. The van der Waals surface area contributed by atoms with Crippen molar-refractivity contribution in [3.63, 3.8) is 0 Å². The molecule has 5 nitrogen and oxygen atoms in total. The molecule has 5 heteroatoms. The van der Waals surface area contributed by atoms with Crippen molar-refractivity contribution in [1.29, 1.82) is 0 Å². The van der Waals surface area contributed by atoms with E-state index in [4.69, 9.17) is 0 Å². The van der Waals surface area contributed by atoms with E-state index in [-0.39, 0.29) is 30.0 Å². The van der Waals surface area contributed by atoms with Gasteiger partial charge in [0, 0.05) is 12.1 Å². The Morgan fingerprint density at radius 2 is 1.37 bits per heavy atom. The van der Waals surface area contributed by atoms with Crippen LogP contribution in [-0.4, -0.2) is 16.9 Å². The molecule has 0 aliphatic carbocycles. The van der Waals surface area contributed by atoms with Crippen LogP contribution in [0.1, 0.15) is 23.2 Å². The predicted molar refractivity (Wildman–Crippen MR) is 104 cm³/mol. The molecule has 2 N–H and O–H groups in total. The molecule has 2 fully saturated rings. The van der Waals surface area contributed by atoms with Crippen molar-refractivity contribution in [1.82, 2.24) is 15.8 Å². The van der Waals surface area contributed by atoms with E-state index in [1.165, 1.54) is 5.56 Å². The van der Waals surface area contributed by atoms with Crippen molar-refractivity contribution in [3.8, 4) is 0 Å². The molecule has 4 unspecified atom stereocenters. The maximum absolute atomic E-state index is 13.3. The van der Waals surface area contributed by atoms with Gasteiger partial charge in [-0.05, 0) is 23.3 Å². The van der Waals surface area contributed by atoms with Crippen molar-refractivity contribution < 1.29 is 4.79 Å². The molecule has 27 heavy (non-hydrogen) atoms. The zero-order chi connectivity index (χ0) is 18.2. The van der Waals surface area contributed by atoms with E-state index in [0.29, 0.717) is 5.82 Å². The van der Waals surface area contributed by atoms with E-state index < -0.39 is 0 Å². The zero-order valence-electron chi connectivity index (χ0n) is 14.7. The maximum Gasteiger partial charge on any atom is 0.247 e. The molecule has 3 heterocycles. The number of hydrogen-bond donors (Lipinski definition) is 2. The summed E-state index contributed by atoms with van der Waals surface area (Å²) in [6.45, 7) is 0. The van der Waals surface area contributed by atoms with Gasteiger partial charge >= 0.3 is 0 Å². The Kier molecular flexibility index (Phi) is 3.96. The number of carbonyl (C=O) groups is 1. The number of nitrogens with one attached hydrogen (secondary N) is 2. The number of hydrogen-bond acceptors (Lipinski definition) is 4. The Balaban J connectivity index is 1.63. The van der Waals surface area contributed by atoms with Gasteiger partial charge in [0.15, 0.2) is 0 Å². The maximum atomic E-state index is 13.3. The highest BCUT2D eigenvalue weighted by Gasteiger charge is 2.56. The Bertz CT molecular complexity index is 932. The molecule has 2 aromatic carbocycles. The number of benzene rings is 2. The Labute approximate surface area is 158 Å². The first-order chi connectivity index (χ1) is 13.3. The number of fused-ring (bicyclic) bond motifs is 1. The van der Waals surface area contributed by atoms with Gasteiger partial charge in [-0.25, -0.2) is 15.8 Å².